The van der Waals surface area contributed by atoms with Crippen LogP contribution in [-0.2, 0) is 20.6 Å². The summed E-state index contributed by atoms with van der Waals surface area (Å²) in [5.41, 5.74) is 1.15. The molecule has 0 bridgehead atoms. The molecule has 0 aliphatic carbocycles. The Bertz CT molecular complexity index is 938. The lowest BCUT2D eigenvalue weighted by atomic mass is 10.2. The zero-order valence-electron chi connectivity index (χ0n) is 17.1. The molecule has 1 amide bonds. The summed E-state index contributed by atoms with van der Waals surface area (Å²) >= 11 is 1.54. The molecule has 0 aromatic heterocycles. The minimum absolute atomic E-state index is 0.138. The Morgan fingerprint density at radius 3 is 2.67 bits per heavy atom. The predicted molar refractivity (Wildman–Crippen MR) is 120 cm³/mol. The van der Waals surface area contributed by atoms with Crippen molar-refractivity contribution in [2.45, 2.75) is 18.6 Å². The van der Waals surface area contributed by atoms with Gasteiger partial charge in [-0.2, -0.15) is 11.8 Å². The highest BCUT2D eigenvalue weighted by Gasteiger charge is 2.18. The van der Waals surface area contributed by atoms with E-state index >= 15 is 0 Å². The van der Waals surface area contributed by atoms with Crippen molar-refractivity contribution in [3.63, 3.8) is 0 Å². The molecule has 2 aromatic rings. The summed E-state index contributed by atoms with van der Waals surface area (Å²) in [7, 11) is -1.97. The van der Waals surface area contributed by atoms with E-state index in [1.165, 1.54) is 17.5 Å². The van der Waals surface area contributed by atoms with Crippen LogP contribution in [0.2, 0.25) is 0 Å². The number of carbonyl (C=O) groups is 1. The molecule has 0 unspecified atom stereocenters. The first-order valence-electron chi connectivity index (χ1n) is 9.51. The Hall–Kier alpha value is -2.26. The maximum atomic E-state index is 13.5. The lowest BCUT2D eigenvalue weighted by Gasteiger charge is -2.22. The van der Waals surface area contributed by atoms with Gasteiger partial charge in [-0.1, -0.05) is 24.3 Å². The van der Waals surface area contributed by atoms with E-state index in [2.05, 4.69) is 5.32 Å². The number of hydrogen-bond acceptors (Lipinski definition) is 5. The number of benzene rings is 2. The van der Waals surface area contributed by atoms with E-state index in [9.17, 15) is 17.6 Å². The molecule has 0 saturated carbocycles. The van der Waals surface area contributed by atoms with Gasteiger partial charge in [-0.05, 0) is 30.2 Å². The molecule has 9 heteroatoms. The van der Waals surface area contributed by atoms with Gasteiger partial charge in [0, 0.05) is 37.1 Å². The molecular weight excluding hydrogens is 427 g/mol. The summed E-state index contributed by atoms with van der Waals surface area (Å²) in [4.78, 5) is 12.0. The fraction of sp³-hybridized carbons (Fsp3) is 0.381. The van der Waals surface area contributed by atoms with E-state index < -0.39 is 10.0 Å². The monoisotopic (exact) mass is 454 g/mol. The van der Waals surface area contributed by atoms with E-state index in [4.69, 9.17) is 4.74 Å². The Morgan fingerprint density at radius 1 is 1.20 bits per heavy atom. The second-order valence-corrected chi connectivity index (χ2v) is 9.65. The van der Waals surface area contributed by atoms with Crippen molar-refractivity contribution < 1.29 is 22.3 Å². The molecule has 2 aromatic carbocycles. The number of ether oxygens (including phenoxy) is 1. The van der Waals surface area contributed by atoms with E-state index in [1.807, 2.05) is 0 Å². The van der Waals surface area contributed by atoms with Crippen molar-refractivity contribution in [2.75, 3.05) is 36.5 Å². The maximum absolute atomic E-state index is 13.5. The van der Waals surface area contributed by atoms with Crippen LogP contribution < -0.4 is 14.4 Å². The first-order chi connectivity index (χ1) is 14.3. The molecule has 30 heavy (non-hydrogen) atoms. The number of rotatable bonds is 12. The molecule has 2 rings (SSSR count). The highest BCUT2D eigenvalue weighted by Crippen LogP contribution is 2.23. The van der Waals surface area contributed by atoms with Crippen LogP contribution in [0.15, 0.2) is 48.5 Å². The van der Waals surface area contributed by atoms with Crippen molar-refractivity contribution in [1.29, 1.82) is 0 Å². The van der Waals surface area contributed by atoms with Crippen molar-refractivity contribution in [3.05, 3.63) is 59.9 Å². The molecule has 0 spiro atoms. The molecule has 0 fully saturated rings. The number of carbonyl (C=O) groups excluding carboxylic acids is 1. The Kier molecular flexibility index (Phi) is 9.45. The summed E-state index contributed by atoms with van der Waals surface area (Å²) in [6.07, 6.45) is 1.74. The first-order valence-corrected chi connectivity index (χ1v) is 12.5. The molecule has 6 nitrogen and oxygen atoms in total. The van der Waals surface area contributed by atoms with E-state index in [0.29, 0.717) is 41.5 Å². The second-order valence-electron chi connectivity index (χ2n) is 6.63. The van der Waals surface area contributed by atoms with Crippen LogP contribution >= 0.6 is 11.8 Å². The third kappa shape index (κ3) is 7.87. The van der Waals surface area contributed by atoms with Crippen LogP contribution in [0, 0.1) is 5.82 Å². The topological polar surface area (TPSA) is 75.7 Å². The lowest BCUT2D eigenvalue weighted by molar-refractivity contribution is -0.121. The third-order valence-electron chi connectivity index (χ3n) is 4.29. The van der Waals surface area contributed by atoms with E-state index in [0.717, 1.165) is 6.26 Å². The number of anilines is 1. The number of hydrogen-bond donors (Lipinski definition) is 1. The normalized spacial score (nSPS) is 11.2. The summed E-state index contributed by atoms with van der Waals surface area (Å²) in [5.74, 6) is 1.42. The van der Waals surface area contributed by atoms with Crippen LogP contribution in [0.3, 0.4) is 0 Å². The SMILES string of the molecule is COc1cccc(N(CCCC(=O)NCCSCc2ccccc2F)S(C)(=O)=O)c1. The summed E-state index contributed by atoms with van der Waals surface area (Å²) < 4.78 is 44.3. The van der Waals surface area contributed by atoms with Crippen molar-refractivity contribution in [2.24, 2.45) is 0 Å². The van der Waals surface area contributed by atoms with Crippen molar-refractivity contribution in [3.8, 4) is 5.75 Å². The fourth-order valence-corrected chi connectivity index (χ4v) is 4.59. The van der Waals surface area contributed by atoms with Crippen LogP contribution in [0.4, 0.5) is 10.1 Å². The standard InChI is InChI=1S/C21H27FN2O4S2/c1-28-19-9-5-8-18(15-19)24(30(2,26)27)13-6-11-21(25)23-12-14-29-16-17-7-3-4-10-20(17)22/h3-5,7-10,15H,6,11-14,16H2,1-2H3,(H,23,25). The van der Waals surface area contributed by atoms with Gasteiger partial charge >= 0.3 is 0 Å². The largest absolute Gasteiger partial charge is 0.497 e. The number of amides is 1. The Morgan fingerprint density at radius 2 is 1.97 bits per heavy atom. The number of halogens is 1. The minimum atomic E-state index is -3.48. The third-order valence-corrected chi connectivity index (χ3v) is 6.49. The van der Waals surface area contributed by atoms with Gasteiger partial charge in [0.1, 0.15) is 11.6 Å². The average molecular weight is 455 g/mol. The van der Waals surface area contributed by atoms with Gasteiger partial charge in [-0.3, -0.25) is 9.10 Å². The number of methoxy groups -OCH3 is 1. The number of sulfonamides is 1. The molecule has 0 heterocycles. The van der Waals surface area contributed by atoms with Crippen molar-refractivity contribution in [1.82, 2.24) is 5.32 Å². The van der Waals surface area contributed by atoms with E-state index in [-0.39, 0.29) is 24.7 Å². The Balaban J connectivity index is 1.73. The van der Waals surface area contributed by atoms with Crippen LogP contribution in [0.1, 0.15) is 18.4 Å². The van der Waals surface area contributed by atoms with Crippen LogP contribution in [-0.4, -0.2) is 46.5 Å². The number of nitrogens with zero attached hydrogens (tertiary/aromatic N) is 1. The van der Waals surface area contributed by atoms with Gasteiger partial charge < -0.3 is 10.1 Å². The maximum Gasteiger partial charge on any atom is 0.232 e. The van der Waals surface area contributed by atoms with E-state index in [1.54, 1.807) is 54.2 Å². The molecule has 0 aliphatic rings. The van der Waals surface area contributed by atoms with Gasteiger partial charge in [-0.15, -0.1) is 0 Å². The molecule has 164 valence electrons. The van der Waals surface area contributed by atoms with Gasteiger partial charge in [0.2, 0.25) is 15.9 Å². The highest BCUT2D eigenvalue weighted by molar-refractivity contribution is 7.98. The summed E-state index contributed by atoms with van der Waals surface area (Å²) in [6.45, 7) is 0.672. The zero-order valence-corrected chi connectivity index (χ0v) is 18.8. The van der Waals surface area contributed by atoms with Gasteiger partial charge in [0.15, 0.2) is 0 Å². The average Bonchev–Trinajstić information content (AvgIpc) is 2.71. The predicted octanol–water partition coefficient (Wildman–Crippen LogP) is 3.43. The Labute approximate surface area is 181 Å². The smallest absolute Gasteiger partial charge is 0.232 e. The minimum Gasteiger partial charge on any atom is -0.497 e. The molecule has 0 radical (unpaired) electrons. The molecule has 1 N–H and O–H groups in total. The molecular formula is C21H27FN2O4S2. The molecule has 0 saturated heterocycles. The van der Waals surface area contributed by atoms with Gasteiger partial charge in [0.25, 0.3) is 0 Å². The molecule has 0 atom stereocenters. The molecule has 0 aliphatic heterocycles. The van der Waals surface area contributed by atoms with Gasteiger partial charge in [-0.25, -0.2) is 12.8 Å². The summed E-state index contributed by atoms with van der Waals surface area (Å²) in [6, 6.07) is 13.4. The lowest BCUT2D eigenvalue weighted by Crippen LogP contribution is -2.32. The second kappa shape index (κ2) is 11.8. The zero-order chi connectivity index (χ0) is 22.0. The summed E-state index contributed by atoms with van der Waals surface area (Å²) in [5, 5.41) is 2.81. The highest BCUT2D eigenvalue weighted by atomic mass is 32.2. The quantitative estimate of drug-likeness (QED) is 0.498. The van der Waals surface area contributed by atoms with Crippen molar-refractivity contribution >= 4 is 33.4 Å². The fourth-order valence-electron chi connectivity index (χ4n) is 2.78. The number of nitrogens with one attached hydrogen (secondary N) is 1. The van der Waals surface area contributed by atoms with Crippen LogP contribution in [0.25, 0.3) is 0 Å². The number of thioether (sulfide) groups is 1. The van der Waals surface area contributed by atoms with Crippen LogP contribution in [0.5, 0.6) is 5.75 Å². The van der Waals surface area contributed by atoms with Gasteiger partial charge in [0.05, 0.1) is 19.1 Å². The first kappa shape index (κ1) is 24.0.